The molecule has 0 bridgehead atoms. The average Bonchev–Trinajstić information content (AvgIpc) is 3.21. The monoisotopic (exact) mass is 486 g/mol. The fourth-order valence-corrected chi connectivity index (χ4v) is 2.69. The lowest BCUT2D eigenvalue weighted by Crippen LogP contribution is -2.39. The van der Waals surface area contributed by atoms with Gasteiger partial charge >= 0.3 is 0 Å². The SMILES string of the molecule is C=CCNC(=NCCCn1nc(C)cc1C)NCCn1cnnc1CC.I. The number of rotatable bonds is 10. The molecule has 2 heterocycles. The highest BCUT2D eigenvalue weighted by Crippen LogP contribution is 2.02. The second kappa shape index (κ2) is 12.5. The van der Waals surface area contributed by atoms with E-state index in [-0.39, 0.29) is 24.0 Å². The van der Waals surface area contributed by atoms with E-state index in [0.29, 0.717) is 6.54 Å². The number of nitrogens with zero attached hydrogens (tertiary/aromatic N) is 6. The Hall–Kier alpha value is -1.91. The number of nitrogens with one attached hydrogen (secondary N) is 2. The summed E-state index contributed by atoms with van der Waals surface area (Å²) in [6.07, 6.45) is 5.40. The van der Waals surface area contributed by atoms with Gasteiger partial charge in [-0.25, -0.2) is 0 Å². The standard InChI is InChI=1S/C18H30N8.HI/c1-5-8-19-18(21-10-12-25-14-22-23-17(25)6-2)20-9-7-11-26-16(4)13-15(3)24-26;/h5,13-14H,1,6-12H2,2-4H3,(H2,19,20,21);1H. The molecular formula is C18H31IN8. The molecule has 2 aromatic heterocycles. The van der Waals surface area contributed by atoms with Crippen molar-refractivity contribution in [2.45, 2.75) is 46.7 Å². The minimum Gasteiger partial charge on any atom is -0.355 e. The quantitative estimate of drug-likeness (QED) is 0.177. The third-order valence-corrected chi connectivity index (χ3v) is 3.97. The zero-order valence-electron chi connectivity index (χ0n) is 16.5. The van der Waals surface area contributed by atoms with Crippen LogP contribution in [0.25, 0.3) is 0 Å². The molecule has 0 aliphatic rings. The van der Waals surface area contributed by atoms with Crippen LogP contribution in [-0.4, -0.2) is 50.1 Å². The zero-order valence-corrected chi connectivity index (χ0v) is 18.8. The van der Waals surface area contributed by atoms with E-state index in [1.54, 1.807) is 6.33 Å². The highest BCUT2D eigenvalue weighted by molar-refractivity contribution is 14.0. The van der Waals surface area contributed by atoms with Gasteiger partial charge in [0.05, 0.1) is 5.69 Å². The van der Waals surface area contributed by atoms with Gasteiger partial charge in [0, 0.05) is 44.8 Å². The molecule has 0 fully saturated rings. The molecule has 2 aromatic rings. The van der Waals surface area contributed by atoms with E-state index in [0.717, 1.165) is 56.5 Å². The first-order chi connectivity index (χ1) is 12.6. The highest BCUT2D eigenvalue weighted by Gasteiger charge is 2.03. The normalized spacial score (nSPS) is 11.1. The van der Waals surface area contributed by atoms with Crippen molar-refractivity contribution in [1.29, 1.82) is 0 Å². The Morgan fingerprint density at radius 3 is 2.78 bits per heavy atom. The molecule has 0 aliphatic carbocycles. The predicted molar refractivity (Wildman–Crippen MR) is 120 cm³/mol. The molecule has 0 aromatic carbocycles. The number of guanidine groups is 1. The first kappa shape index (κ1) is 23.1. The fourth-order valence-electron chi connectivity index (χ4n) is 2.69. The van der Waals surface area contributed by atoms with Crippen molar-refractivity contribution < 1.29 is 0 Å². The molecule has 9 heteroatoms. The first-order valence-electron chi connectivity index (χ1n) is 9.14. The molecule has 0 atom stereocenters. The van der Waals surface area contributed by atoms with Crippen LogP contribution >= 0.6 is 24.0 Å². The summed E-state index contributed by atoms with van der Waals surface area (Å²) in [4.78, 5) is 4.64. The van der Waals surface area contributed by atoms with E-state index in [4.69, 9.17) is 0 Å². The number of aliphatic imine (C=N–C) groups is 1. The van der Waals surface area contributed by atoms with Crippen molar-refractivity contribution in [3.63, 3.8) is 0 Å². The van der Waals surface area contributed by atoms with Crippen LogP contribution in [0, 0.1) is 13.8 Å². The number of hydrogen-bond donors (Lipinski definition) is 2. The molecule has 0 unspecified atom stereocenters. The van der Waals surface area contributed by atoms with Crippen LogP contribution < -0.4 is 10.6 Å². The van der Waals surface area contributed by atoms with Gasteiger partial charge in [-0.15, -0.1) is 40.8 Å². The second-order valence-corrected chi connectivity index (χ2v) is 6.12. The third-order valence-electron chi connectivity index (χ3n) is 3.97. The molecule has 27 heavy (non-hydrogen) atoms. The van der Waals surface area contributed by atoms with Crippen molar-refractivity contribution in [1.82, 2.24) is 35.2 Å². The van der Waals surface area contributed by atoms with Gasteiger partial charge in [-0.05, 0) is 26.3 Å². The van der Waals surface area contributed by atoms with Crippen LogP contribution in [0.2, 0.25) is 0 Å². The molecule has 8 nitrogen and oxygen atoms in total. The van der Waals surface area contributed by atoms with E-state index >= 15 is 0 Å². The fraction of sp³-hybridized carbons (Fsp3) is 0.556. The summed E-state index contributed by atoms with van der Waals surface area (Å²) in [6.45, 7) is 13.8. The van der Waals surface area contributed by atoms with Gasteiger partial charge in [-0.2, -0.15) is 5.10 Å². The van der Waals surface area contributed by atoms with Crippen LogP contribution in [0.4, 0.5) is 0 Å². The van der Waals surface area contributed by atoms with Crippen LogP contribution in [0.1, 0.15) is 30.6 Å². The Kier molecular flexibility index (Phi) is 10.7. The van der Waals surface area contributed by atoms with Gasteiger partial charge in [0.15, 0.2) is 5.96 Å². The van der Waals surface area contributed by atoms with Gasteiger partial charge in [-0.3, -0.25) is 9.67 Å². The molecule has 0 amide bonds. The van der Waals surface area contributed by atoms with Crippen molar-refractivity contribution in [3.05, 3.63) is 42.3 Å². The molecule has 0 spiro atoms. The van der Waals surface area contributed by atoms with Gasteiger partial charge in [0.1, 0.15) is 12.2 Å². The molecule has 150 valence electrons. The van der Waals surface area contributed by atoms with Crippen LogP contribution in [0.5, 0.6) is 0 Å². The van der Waals surface area contributed by atoms with Crippen molar-refractivity contribution in [3.8, 4) is 0 Å². The lowest BCUT2D eigenvalue weighted by Gasteiger charge is -2.12. The molecular weight excluding hydrogens is 455 g/mol. The minimum absolute atomic E-state index is 0. The average molecular weight is 486 g/mol. The van der Waals surface area contributed by atoms with Crippen molar-refractivity contribution in [2.75, 3.05) is 19.6 Å². The molecule has 0 saturated heterocycles. The zero-order chi connectivity index (χ0) is 18.8. The van der Waals surface area contributed by atoms with Crippen LogP contribution in [0.3, 0.4) is 0 Å². The van der Waals surface area contributed by atoms with E-state index in [1.165, 1.54) is 5.69 Å². The molecule has 0 saturated carbocycles. The Morgan fingerprint density at radius 2 is 2.11 bits per heavy atom. The van der Waals surface area contributed by atoms with Crippen LogP contribution in [-0.2, 0) is 19.5 Å². The maximum Gasteiger partial charge on any atom is 0.191 e. The van der Waals surface area contributed by atoms with Crippen LogP contribution in [0.15, 0.2) is 30.0 Å². The summed E-state index contributed by atoms with van der Waals surface area (Å²) < 4.78 is 4.09. The molecule has 0 aliphatic heterocycles. The Morgan fingerprint density at radius 1 is 1.30 bits per heavy atom. The summed E-state index contributed by atoms with van der Waals surface area (Å²) in [5.74, 6) is 1.79. The molecule has 2 N–H and O–H groups in total. The van der Waals surface area contributed by atoms with E-state index < -0.39 is 0 Å². The second-order valence-electron chi connectivity index (χ2n) is 6.12. The summed E-state index contributed by atoms with van der Waals surface area (Å²) >= 11 is 0. The van der Waals surface area contributed by atoms with E-state index in [2.05, 4.69) is 62.0 Å². The maximum absolute atomic E-state index is 4.64. The van der Waals surface area contributed by atoms with Gasteiger partial charge in [-0.1, -0.05) is 13.0 Å². The number of hydrogen-bond acceptors (Lipinski definition) is 4. The number of aryl methyl sites for hydroxylation is 4. The van der Waals surface area contributed by atoms with Crippen molar-refractivity contribution in [2.24, 2.45) is 4.99 Å². The lowest BCUT2D eigenvalue weighted by atomic mass is 10.4. The predicted octanol–water partition coefficient (Wildman–Crippen LogP) is 2.08. The lowest BCUT2D eigenvalue weighted by molar-refractivity contribution is 0.566. The van der Waals surface area contributed by atoms with E-state index in [1.807, 2.05) is 17.7 Å². The van der Waals surface area contributed by atoms with E-state index in [9.17, 15) is 0 Å². The number of aromatic nitrogens is 5. The largest absolute Gasteiger partial charge is 0.355 e. The Bertz CT molecular complexity index is 719. The van der Waals surface area contributed by atoms with Crippen molar-refractivity contribution >= 4 is 29.9 Å². The summed E-state index contributed by atoms with van der Waals surface area (Å²) in [6, 6.07) is 2.09. The number of halogens is 1. The smallest absolute Gasteiger partial charge is 0.191 e. The maximum atomic E-state index is 4.64. The summed E-state index contributed by atoms with van der Waals surface area (Å²) in [5, 5.41) is 19.1. The molecule has 0 radical (unpaired) electrons. The third kappa shape index (κ3) is 7.69. The summed E-state index contributed by atoms with van der Waals surface area (Å²) in [7, 11) is 0. The van der Waals surface area contributed by atoms with Gasteiger partial charge in [0.2, 0.25) is 0 Å². The van der Waals surface area contributed by atoms with Gasteiger partial charge in [0.25, 0.3) is 0 Å². The first-order valence-corrected chi connectivity index (χ1v) is 9.14. The Balaban J connectivity index is 0.00000364. The minimum atomic E-state index is 0. The topological polar surface area (TPSA) is 85.0 Å². The summed E-state index contributed by atoms with van der Waals surface area (Å²) in [5.41, 5.74) is 2.25. The van der Waals surface area contributed by atoms with Gasteiger partial charge < -0.3 is 15.2 Å². The molecule has 2 rings (SSSR count). The highest BCUT2D eigenvalue weighted by atomic mass is 127. The Labute approximate surface area is 178 Å².